The van der Waals surface area contributed by atoms with Crippen LogP contribution in [0.4, 0.5) is 0 Å². The number of allylic oxidation sites excluding steroid dienone is 1. The number of nitrogens with one attached hydrogen (secondary N) is 1. The molecule has 17 heavy (non-hydrogen) atoms. The Kier molecular flexibility index (Phi) is 2.48. The lowest BCUT2D eigenvalue weighted by molar-refractivity contribution is -0.685. The standard InChI is InChI=1S/C14H11BrN2/c1-2-6-17-7-5-11-12-8-10(15)3-4-13(12)16-14(11)9-17/h2-5,7-9H,1,6H2/p+1. The summed E-state index contributed by atoms with van der Waals surface area (Å²) in [6.07, 6.45) is 6.09. The predicted octanol–water partition coefficient (Wildman–Crippen LogP) is 3.56. The van der Waals surface area contributed by atoms with Crippen molar-refractivity contribution in [3.8, 4) is 0 Å². The summed E-state index contributed by atoms with van der Waals surface area (Å²) in [7, 11) is 0. The van der Waals surface area contributed by atoms with E-state index in [4.69, 9.17) is 0 Å². The molecule has 0 saturated heterocycles. The number of H-pyrrole nitrogens is 1. The number of hydrogen-bond donors (Lipinski definition) is 1. The molecule has 0 aliphatic heterocycles. The number of benzene rings is 1. The number of rotatable bonds is 2. The summed E-state index contributed by atoms with van der Waals surface area (Å²) in [5, 5.41) is 2.50. The van der Waals surface area contributed by atoms with Crippen LogP contribution in [0, 0.1) is 0 Å². The zero-order valence-electron chi connectivity index (χ0n) is 9.28. The van der Waals surface area contributed by atoms with Crippen LogP contribution in [0.2, 0.25) is 0 Å². The molecule has 1 aromatic carbocycles. The third kappa shape index (κ3) is 1.76. The van der Waals surface area contributed by atoms with Crippen molar-refractivity contribution in [2.45, 2.75) is 6.54 Å². The van der Waals surface area contributed by atoms with Crippen molar-refractivity contribution >= 4 is 37.7 Å². The number of pyridine rings is 1. The van der Waals surface area contributed by atoms with Gasteiger partial charge in [0.15, 0.2) is 18.9 Å². The topological polar surface area (TPSA) is 19.7 Å². The molecule has 1 N–H and O–H groups in total. The first-order valence-corrected chi connectivity index (χ1v) is 6.28. The molecule has 0 amide bonds. The van der Waals surface area contributed by atoms with Crippen molar-refractivity contribution < 1.29 is 4.57 Å². The molecule has 0 fully saturated rings. The van der Waals surface area contributed by atoms with Crippen LogP contribution in [0.3, 0.4) is 0 Å². The van der Waals surface area contributed by atoms with Gasteiger partial charge >= 0.3 is 0 Å². The van der Waals surface area contributed by atoms with Crippen LogP contribution in [-0.2, 0) is 6.54 Å². The van der Waals surface area contributed by atoms with E-state index in [9.17, 15) is 0 Å². The van der Waals surface area contributed by atoms with Crippen molar-refractivity contribution in [3.63, 3.8) is 0 Å². The van der Waals surface area contributed by atoms with Gasteiger partial charge in [-0.15, -0.1) is 0 Å². The van der Waals surface area contributed by atoms with Crippen LogP contribution in [-0.4, -0.2) is 4.98 Å². The minimum Gasteiger partial charge on any atom is -0.350 e. The van der Waals surface area contributed by atoms with Gasteiger partial charge in [-0.2, -0.15) is 4.57 Å². The van der Waals surface area contributed by atoms with Gasteiger partial charge in [-0.1, -0.05) is 22.5 Å². The smallest absolute Gasteiger partial charge is 0.193 e. The Morgan fingerprint density at radius 3 is 2.94 bits per heavy atom. The van der Waals surface area contributed by atoms with E-state index in [1.54, 1.807) is 0 Å². The second-order valence-electron chi connectivity index (χ2n) is 4.07. The molecular weight excluding hydrogens is 276 g/mol. The van der Waals surface area contributed by atoms with Gasteiger partial charge in [0, 0.05) is 26.8 Å². The molecule has 3 heteroatoms. The number of hydrogen-bond acceptors (Lipinski definition) is 0. The van der Waals surface area contributed by atoms with Crippen LogP contribution in [0.15, 0.2) is 53.8 Å². The maximum Gasteiger partial charge on any atom is 0.193 e. The molecule has 84 valence electrons. The number of aromatic amines is 1. The van der Waals surface area contributed by atoms with Gasteiger partial charge in [0.25, 0.3) is 0 Å². The quantitative estimate of drug-likeness (QED) is 0.549. The van der Waals surface area contributed by atoms with E-state index in [1.165, 1.54) is 16.3 Å². The molecule has 0 atom stereocenters. The van der Waals surface area contributed by atoms with Crippen LogP contribution in [0.1, 0.15) is 0 Å². The van der Waals surface area contributed by atoms with E-state index in [2.05, 4.69) is 68.7 Å². The largest absolute Gasteiger partial charge is 0.350 e. The second kappa shape index (κ2) is 4.00. The number of fused-ring (bicyclic) bond motifs is 3. The normalized spacial score (nSPS) is 11.1. The van der Waals surface area contributed by atoms with Crippen molar-refractivity contribution in [2.75, 3.05) is 0 Å². The molecule has 0 bridgehead atoms. The summed E-state index contributed by atoms with van der Waals surface area (Å²) in [5.41, 5.74) is 2.32. The first-order valence-electron chi connectivity index (χ1n) is 5.49. The first kappa shape index (κ1) is 10.5. The Labute approximate surface area is 108 Å². The SMILES string of the molecule is C=CC[n+]1ccc2c(c1)[nH]c1ccc(Br)cc12. The monoisotopic (exact) mass is 287 g/mol. The number of aromatic nitrogens is 2. The summed E-state index contributed by atoms with van der Waals surface area (Å²) in [6.45, 7) is 4.58. The van der Waals surface area contributed by atoms with Crippen molar-refractivity contribution in [3.05, 3.63) is 53.8 Å². The van der Waals surface area contributed by atoms with Gasteiger partial charge in [-0.3, -0.25) is 0 Å². The highest BCUT2D eigenvalue weighted by Gasteiger charge is 2.08. The summed E-state index contributed by atoms with van der Waals surface area (Å²) in [4.78, 5) is 3.43. The summed E-state index contributed by atoms with van der Waals surface area (Å²) in [6, 6.07) is 8.43. The van der Waals surface area contributed by atoms with Crippen molar-refractivity contribution in [1.29, 1.82) is 0 Å². The Hall–Kier alpha value is -1.61. The van der Waals surface area contributed by atoms with Gasteiger partial charge in [0.2, 0.25) is 0 Å². The molecule has 3 aromatic rings. The van der Waals surface area contributed by atoms with Crippen LogP contribution in [0.25, 0.3) is 21.8 Å². The maximum absolute atomic E-state index is 3.75. The summed E-state index contributed by atoms with van der Waals surface area (Å²) < 4.78 is 3.22. The van der Waals surface area contributed by atoms with Crippen LogP contribution < -0.4 is 4.57 Å². The highest BCUT2D eigenvalue weighted by molar-refractivity contribution is 9.10. The summed E-state index contributed by atoms with van der Waals surface area (Å²) >= 11 is 3.51. The highest BCUT2D eigenvalue weighted by Crippen LogP contribution is 2.26. The van der Waals surface area contributed by atoms with E-state index >= 15 is 0 Å². The fourth-order valence-corrected chi connectivity index (χ4v) is 2.49. The maximum atomic E-state index is 3.75. The third-order valence-electron chi connectivity index (χ3n) is 2.90. The molecule has 2 aromatic heterocycles. The van der Waals surface area contributed by atoms with Crippen molar-refractivity contribution in [1.82, 2.24) is 4.98 Å². The average molecular weight is 288 g/mol. The Morgan fingerprint density at radius 2 is 2.12 bits per heavy atom. The van der Waals surface area contributed by atoms with Gasteiger partial charge in [0.1, 0.15) is 5.52 Å². The minimum atomic E-state index is 0.828. The van der Waals surface area contributed by atoms with Gasteiger partial charge < -0.3 is 4.98 Å². The molecule has 0 spiro atoms. The predicted molar refractivity (Wildman–Crippen MR) is 73.9 cm³/mol. The molecule has 2 nitrogen and oxygen atoms in total. The molecular formula is C14H12BrN2+. The van der Waals surface area contributed by atoms with E-state index in [1.807, 2.05) is 6.08 Å². The minimum absolute atomic E-state index is 0.828. The average Bonchev–Trinajstić information content (AvgIpc) is 2.66. The van der Waals surface area contributed by atoms with Gasteiger partial charge in [-0.05, 0) is 24.3 Å². The molecule has 0 aliphatic carbocycles. The first-order chi connectivity index (χ1) is 8.28. The lowest BCUT2D eigenvalue weighted by atomic mass is 10.2. The Morgan fingerprint density at radius 1 is 1.24 bits per heavy atom. The van der Waals surface area contributed by atoms with E-state index in [-0.39, 0.29) is 0 Å². The number of halogens is 1. The lowest BCUT2D eigenvalue weighted by Gasteiger charge is -1.93. The molecule has 0 aliphatic rings. The molecule has 3 rings (SSSR count). The fourth-order valence-electron chi connectivity index (χ4n) is 2.13. The Bertz CT molecular complexity index is 713. The lowest BCUT2D eigenvalue weighted by Crippen LogP contribution is -2.31. The van der Waals surface area contributed by atoms with E-state index < -0.39 is 0 Å². The van der Waals surface area contributed by atoms with E-state index in [0.29, 0.717) is 0 Å². The van der Waals surface area contributed by atoms with Crippen LogP contribution >= 0.6 is 15.9 Å². The Balaban J connectivity index is 2.31. The summed E-state index contributed by atoms with van der Waals surface area (Å²) in [5.74, 6) is 0. The molecule has 0 radical (unpaired) electrons. The number of nitrogens with zero attached hydrogens (tertiary/aromatic N) is 1. The molecule has 2 heterocycles. The molecule has 0 saturated carbocycles. The zero-order valence-corrected chi connectivity index (χ0v) is 10.9. The van der Waals surface area contributed by atoms with Crippen LogP contribution in [0.5, 0.6) is 0 Å². The third-order valence-corrected chi connectivity index (χ3v) is 3.39. The molecule has 0 unspecified atom stereocenters. The van der Waals surface area contributed by atoms with Gasteiger partial charge in [-0.25, -0.2) is 0 Å². The van der Waals surface area contributed by atoms with E-state index in [0.717, 1.165) is 16.5 Å². The van der Waals surface area contributed by atoms with Gasteiger partial charge in [0.05, 0.1) is 0 Å². The van der Waals surface area contributed by atoms with Crippen molar-refractivity contribution in [2.24, 2.45) is 0 Å². The fraction of sp³-hybridized carbons (Fsp3) is 0.0714. The highest BCUT2D eigenvalue weighted by atomic mass is 79.9. The zero-order chi connectivity index (χ0) is 11.8. The second-order valence-corrected chi connectivity index (χ2v) is 4.99.